The highest BCUT2D eigenvalue weighted by Gasteiger charge is 2.33. The largest absolute Gasteiger partial charge is 0.366 e. The van der Waals surface area contributed by atoms with Crippen LogP contribution in [-0.2, 0) is 14.3 Å². The second kappa shape index (κ2) is 4.25. The lowest BCUT2D eigenvalue weighted by atomic mass is 10.2. The average molecular weight is 203 g/mol. The van der Waals surface area contributed by atoms with Gasteiger partial charge in [-0.05, 0) is 20.3 Å². The van der Waals surface area contributed by atoms with Crippen LogP contribution >= 0.6 is 0 Å². The van der Waals surface area contributed by atoms with Gasteiger partial charge in [0.05, 0.1) is 0 Å². The van der Waals surface area contributed by atoms with Crippen molar-refractivity contribution in [2.75, 3.05) is 7.05 Å². The van der Waals surface area contributed by atoms with Crippen molar-refractivity contribution in [1.82, 2.24) is 5.32 Å². The summed E-state index contributed by atoms with van der Waals surface area (Å²) < 4.78 is 10.5. The Hall–Kier alpha value is -0.650. The van der Waals surface area contributed by atoms with Crippen LogP contribution in [0.4, 0.5) is 0 Å². The Labute approximate surface area is 83.4 Å². The van der Waals surface area contributed by atoms with Gasteiger partial charge in [-0.1, -0.05) is 0 Å². The molecule has 82 valence electrons. The molecule has 0 saturated carbocycles. The summed E-state index contributed by atoms with van der Waals surface area (Å²) >= 11 is 0. The zero-order valence-corrected chi connectivity index (χ0v) is 8.74. The van der Waals surface area contributed by atoms with Crippen LogP contribution in [-0.4, -0.2) is 36.2 Å². The normalized spacial score (nSPS) is 27.7. The second-order valence-corrected chi connectivity index (χ2v) is 3.81. The molecule has 5 nitrogen and oxygen atoms in total. The van der Waals surface area contributed by atoms with Crippen LogP contribution in [0, 0.1) is 0 Å². The van der Waals surface area contributed by atoms with Gasteiger partial charge in [-0.3, -0.25) is 4.79 Å². The van der Waals surface area contributed by atoms with Crippen molar-refractivity contribution >= 4 is 5.91 Å². The molecule has 0 aromatic heterocycles. The van der Waals surface area contributed by atoms with Crippen LogP contribution in [0.1, 0.15) is 26.7 Å². The molecule has 1 amide bonds. The molecule has 0 aliphatic carbocycles. The number of hydrogen-bond donors (Lipinski definition) is 2. The highest BCUT2D eigenvalue weighted by atomic mass is 16.7. The molecule has 0 aromatic rings. The summed E-state index contributed by atoms with van der Waals surface area (Å²) in [5, 5.41) is 11.9. The average Bonchev–Trinajstić information content (AvgIpc) is 2.48. The summed E-state index contributed by atoms with van der Waals surface area (Å²) in [5.41, 5.74) is 0. The molecular weight excluding hydrogens is 186 g/mol. The van der Waals surface area contributed by atoms with Gasteiger partial charge in [0, 0.05) is 13.5 Å². The van der Waals surface area contributed by atoms with Crippen molar-refractivity contribution in [2.45, 2.75) is 44.9 Å². The van der Waals surface area contributed by atoms with Crippen LogP contribution in [0.25, 0.3) is 0 Å². The third kappa shape index (κ3) is 3.25. The van der Waals surface area contributed by atoms with Gasteiger partial charge in [-0.15, -0.1) is 0 Å². The van der Waals surface area contributed by atoms with Crippen molar-refractivity contribution in [3.63, 3.8) is 0 Å². The van der Waals surface area contributed by atoms with Crippen molar-refractivity contribution in [2.24, 2.45) is 0 Å². The molecule has 1 aliphatic rings. The van der Waals surface area contributed by atoms with E-state index in [2.05, 4.69) is 5.32 Å². The van der Waals surface area contributed by atoms with Crippen molar-refractivity contribution < 1.29 is 19.4 Å². The van der Waals surface area contributed by atoms with Gasteiger partial charge >= 0.3 is 0 Å². The predicted molar refractivity (Wildman–Crippen MR) is 49.3 cm³/mol. The highest BCUT2D eigenvalue weighted by molar-refractivity contribution is 5.80. The fraction of sp³-hybridized carbons (Fsp3) is 0.889. The Balaban J connectivity index is 2.38. The highest BCUT2D eigenvalue weighted by Crippen LogP contribution is 2.23. The zero-order chi connectivity index (χ0) is 10.8. The maximum absolute atomic E-state index is 11.2. The molecule has 14 heavy (non-hydrogen) atoms. The maximum atomic E-state index is 11.2. The lowest BCUT2D eigenvalue weighted by molar-refractivity contribution is -0.267. The Morgan fingerprint density at radius 1 is 1.57 bits per heavy atom. The predicted octanol–water partition coefficient (Wildman–Crippen LogP) is -0.0175. The first-order valence-corrected chi connectivity index (χ1v) is 4.69. The van der Waals surface area contributed by atoms with Gasteiger partial charge in [-0.2, -0.15) is 0 Å². The molecular formula is C9H17NO4. The van der Waals surface area contributed by atoms with E-state index in [1.54, 1.807) is 7.05 Å². The summed E-state index contributed by atoms with van der Waals surface area (Å²) in [6, 6.07) is 0. The molecule has 0 spiro atoms. The molecule has 0 bridgehead atoms. The molecule has 1 aliphatic heterocycles. The van der Waals surface area contributed by atoms with E-state index < -0.39 is 18.2 Å². The third-order valence-electron chi connectivity index (χ3n) is 1.94. The van der Waals surface area contributed by atoms with Gasteiger partial charge in [0.1, 0.15) is 6.10 Å². The Morgan fingerprint density at radius 2 is 2.21 bits per heavy atom. The van der Waals surface area contributed by atoms with E-state index in [0.717, 1.165) is 0 Å². The molecule has 1 heterocycles. The number of rotatable bonds is 3. The number of carbonyl (C=O) groups excluding carboxylic acids is 1. The number of ether oxygens (including phenoxy) is 2. The fourth-order valence-corrected chi connectivity index (χ4v) is 1.37. The molecule has 5 heteroatoms. The number of amides is 1. The monoisotopic (exact) mass is 203 g/mol. The minimum atomic E-state index is -1.22. The lowest BCUT2D eigenvalue weighted by Crippen LogP contribution is -2.34. The summed E-state index contributed by atoms with van der Waals surface area (Å²) in [6.07, 6.45) is 0.312. The first-order valence-electron chi connectivity index (χ1n) is 4.69. The van der Waals surface area contributed by atoms with Crippen molar-refractivity contribution in [3.8, 4) is 0 Å². The van der Waals surface area contributed by atoms with E-state index in [1.165, 1.54) is 13.8 Å². The summed E-state index contributed by atoms with van der Waals surface area (Å²) in [7, 11) is 1.57. The number of likely N-dealkylation sites (N-methyl/N-ethyl adjacent to an activating group) is 1. The SMILES string of the molecule is CNC(=O)[C@@H]1CC[C@@H](OC(C)(C)O)O1. The number of hydrogen-bond acceptors (Lipinski definition) is 4. The van der Waals surface area contributed by atoms with E-state index in [4.69, 9.17) is 9.47 Å². The van der Waals surface area contributed by atoms with Gasteiger partial charge < -0.3 is 19.9 Å². The van der Waals surface area contributed by atoms with E-state index in [9.17, 15) is 9.90 Å². The molecule has 2 atom stereocenters. The molecule has 1 fully saturated rings. The summed E-state index contributed by atoms with van der Waals surface area (Å²) in [6.45, 7) is 3.06. The lowest BCUT2D eigenvalue weighted by Gasteiger charge is -2.23. The topological polar surface area (TPSA) is 67.8 Å². The number of aliphatic hydroxyl groups is 1. The van der Waals surface area contributed by atoms with E-state index in [-0.39, 0.29) is 5.91 Å². The van der Waals surface area contributed by atoms with Crippen molar-refractivity contribution in [1.29, 1.82) is 0 Å². The van der Waals surface area contributed by atoms with Crippen LogP contribution < -0.4 is 5.32 Å². The molecule has 2 N–H and O–H groups in total. The number of nitrogens with one attached hydrogen (secondary N) is 1. The van der Waals surface area contributed by atoms with Crippen LogP contribution in [0.15, 0.2) is 0 Å². The van der Waals surface area contributed by atoms with Gasteiger partial charge in [0.2, 0.25) is 5.91 Å². The molecule has 0 unspecified atom stereocenters. The van der Waals surface area contributed by atoms with Gasteiger partial charge in [0.15, 0.2) is 12.1 Å². The Bertz CT molecular complexity index is 211. The smallest absolute Gasteiger partial charge is 0.249 e. The number of carbonyl (C=O) groups is 1. The molecule has 0 radical (unpaired) electrons. The quantitative estimate of drug-likeness (QED) is 0.633. The van der Waals surface area contributed by atoms with Crippen LogP contribution in [0.3, 0.4) is 0 Å². The maximum Gasteiger partial charge on any atom is 0.249 e. The summed E-state index contributed by atoms with van der Waals surface area (Å²) in [5.74, 6) is -1.37. The van der Waals surface area contributed by atoms with Gasteiger partial charge in [-0.25, -0.2) is 0 Å². The molecule has 0 aromatic carbocycles. The Kier molecular flexibility index (Phi) is 3.47. The third-order valence-corrected chi connectivity index (χ3v) is 1.94. The first-order chi connectivity index (χ1) is 6.42. The zero-order valence-electron chi connectivity index (χ0n) is 8.74. The molecule has 1 rings (SSSR count). The van der Waals surface area contributed by atoms with Crippen LogP contribution in [0.2, 0.25) is 0 Å². The van der Waals surface area contributed by atoms with E-state index in [0.29, 0.717) is 12.8 Å². The fourth-order valence-electron chi connectivity index (χ4n) is 1.37. The summed E-state index contributed by atoms with van der Waals surface area (Å²) in [4.78, 5) is 11.2. The van der Waals surface area contributed by atoms with Gasteiger partial charge in [0.25, 0.3) is 0 Å². The first kappa shape index (κ1) is 11.4. The standard InChI is InChI=1S/C9H17NO4/c1-9(2,12)14-7-5-4-6(13-7)8(11)10-3/h6-7,12H,4-5H2,1-3H3,(H,10,11)/t6-,7+/m0/s1. The van der Waals surface area contributed by atoms with Crippen LogP contribution in [0.5, 0.6) is 0 Å². The van der Waals surface area contributed by atoms with E-state index in [1.807, 2.05) is 0 Å². The molecule has 1 saturated heterocycles. The Morgan fingerprint density at radius 3 is 2.71 bits per heavy atom. The van der Waals surface area contributed by atoms with Crippen molar-refractivity contribution in [3.05, 3.63) is 0 Å². The minimum absolute atomic E-state index is 0.146. The minimum Gasteiger partial charge on any atom is -0.366 e. The second-order valence-electron chi connectivity index (χ2n) is 3.81. The van der Waals surface area contributed by atoms with E-state index >= 15 is 0 Å².